The fourth-order valence-electron chi connectivity index (χ4n) is 4.22. The van der Waals surface area contributed by atoms with Crippen LogP contribution in [0.2, 0.25) is 0 Å². The highest BCUT2D eigenvalue weighted by molar-refractivity contribution is 5.90. The summed E-state index contributed by atoms with van der Waals surface area (Å²) in [4.78, 5) is 30.1. The van der Waals surface area contributed by atoms with Crippen LogP contribution in [-0.2, 0) is 9.59 Å². The Balaban J connectivity index is 1.81. The maximum atomic E-state index is 13.5. The Bertz CT molecular complexity index is 915. The molecule has 6 heteroatoms. The minimum Gasteiger partial charge on any atom is -0.345 e. The van der Waals surface area contributed by atoms with E-state index in [1.807, 2.05) is 36.9 Å². The summed E-state index contributed by atoms with van der Waals surface area (Å²) >= 11 is 0. The fourth-order valence-corrected chi connectivity index (χ4v) is 4.22. The third kappa shape index (κ3) is 5.30. The van der Waals surface area contributed by atoms with Gasteiger partial charge in [0.05, 0.1) is 12.1 Å². The van der Waals surface area contributed by atoms with E-state index in [1.54, 1.807) is 14.0 Å². The molecule has 0 unspecified atom stereocenters. The lowest BCUT2D eigenvalue weighted by Gasteiger charge is -2.32. The topological polar surface area (TPSA) is 64.7 Å². The summed E-state index contributed by atoms with van der Waals surface area (Å²) in [6.45, 7) is 6.47. The number of hydrogen-bond acceptors (Lipinski definition) is 4. The molecule has 172 valence electrons. The van der Waals surface area contributed by atoms with Gasteiger partial charge in [-0.25, -0.2) is 0 Å². The van der Waals surface area contributed by atoms with Gasteiger partial charge in [0.1, 0.15) is 6.04 Å². The molecule has 2 aromatic carbocycles. The fraction of sp³-hybridized carbons (Fsp3) is 0.462. The Kier molecular flexibility index (Phi) is 7.91. The van der Waals surface area contributed by atoms with Gasteiger partial charge >= 0.3 is 0 Å². The Morgan fingerprint density at radius 1 is 1.03 bits per heavy atom. The minimum absolute atomic E-state index is 0.000898. The average molecular weight is 437 g/mol. The summed E-state index contributed by atoms with van der Waals surface area (Å²) < 4.78 is 0. The van der Waals surface area contributed by atoms with Crippen molar-refractivity contribution in [1.29, 1.82) is 0 Å². The highest BCUT2D eigenvalue weighted by atomic mass is 16.2. The molecule has 2 amide bonds. The second-order valence-electron chi connectivity index (χ2n) is 8.92. The monoisotopic (exact) mass is 436 g/mol. The van der Waals surface area contributed by atoms with E-state index < -0.39 is 6.04 Å². The smallest absolute Gasteiger partial charge is 0.245 e. The molecule has 0 bridgehead atoms. The van der Waals surface area contributed by atoms with Crippen LogP contribution in [0.1, 0.15) is 45.2 Å². The van der Waals surface area contributed by atoms with Gasteiger partial charge in [-0.1, -0.05) is 44.2 Å². The van der Waals surface area contributed by atoms with Crippen LogP contribution in [0.5, 0.6) is 0 Å². The van der Waals surface area contributed by atoms with E-state index in [9.17, 15) is 9.59 Å². The van der Waals surface area contributed by atoms with Crippen molar-refractivity contribution < 1.29 is 9.59 Å². The van der Waals surface area contributed by atoms with Gasteiger partial charge in [-0.15, -0.1) is 0 Å². The molecule has 2 N–H and O–H groups in total. The first-order chi connectivity index (χ1) is 15.3. The number of carbonyl (C=O) groups excluding carboxylic acids is 2. The Morgan fingerprint density at radius 2 is 1.72 bits per heavy atom. The summed E-state index contributed by atoms with van der Waals surface area (Å²) in [5.74, 6) is -0.143. The number of likely N-dealkylation sites (N-methyl/N-ethyl adjacent to an activating group) is 1. The summed E-state index contributed by atoms with van der Waals surface area (Å²) in [5, 5.41) is 5.91. The molecule has 3 rings (SSSR count). The SMILES string of the molecule is CN[C@@H](C)C(=O)N[C@H](C(=O)N1CCC[C@H]1c1cccc(N(C)c2ccccc2)c1)C(C)C. The van der Waals surface area contributed by atoms with Gasteiger partial charge in [0.2, 0.25) is 11.8 Å². The van der Waals surface area contributed by atoms with Crippen LogP contribution in [0.3, 0.4) is 0 Å². The molecule has 1 aliphatic rings. The molecule has 0 spiro atoms. The van der Waals surface area contributed by atoms with Crippen molar-refractivity contribution in [3.05, 3.63) is 60.2 Å². The summed E-state index contributed by atoms with van der Waals surface area (Å²) in [6, 6.07) is 17.8. The van der Waals surface area contributed by atoms with Crippen LogP contribution in [0, 0.1) is 5.92 Å². The van der Waals surface area contributed by atoms with Crippen molar-refractivity contribution in [2.45, 2.75) is 51.7 Å². The molecule has 1 aliphatic heterocycles. The molecular formula is C26H36N4O2. The lowest BCUT2D eigenvalue weighted by Crippen LogP contribution is -2.54. The van der Waals surface area contributed by atoms with Crippen molar-refractivity contribution in [2.75, 3.05) is 25.5 Å². The quantitative estimate of drug-likeness (QED) is 0.659. The number of hydrogen-bond donors (Lipinski definition) is 2. The summed E-state index contributed by atoms with van der Waals surface area (Å²) in [7, 11) is 3.80. The largest absolute Gasteiger partial charge is 0.345 e. The number of amides is 2. The number of para-hydroxylation sites is 1. The van der Waals surface area contributed by atoms with E-state index >= 15 is 0 Å². The molecule has 3 atom stereocenters. The third-order valence-electron chi connectivity index (χ3n) is 6.38. The van der Waals surface area contributed by atoms with E-state index in [0.29, 0.717) is 6.54 Å². The Labute approximate surface area is 192 Å². The zero-order chi connectivity index (χ0) is 23.3. The Morgan fingerprint density at radius 3 is 2.38 bits per heavy atom. The molecule has 0 radical (unpaired) electrons. The number of carbonyl (C=O) groups is 2. The zero-order valence-corrected chi connectivity index (χ0v) is 19.8. The maximum absolute atomic E-state index is 13.5. The van der Waals surface area contributed by atoms with E-state index in [0.717, 1.165) is 29.8 Å². The van der Waals surface area contributed by atoms with Gasteiger partial charge in [0, 0.05) is 25.0 Å². The molecule has 1 saturated heterocycles. The third-order valence-corrected chi connectivity index (χ3v) is 6.38. The number of benzene rings is 2. The van der Waals surface area contributed by atoms with E-state index in [-0.39, 0.29) is 29.8 Å². The predicted octanol–water partition coefficient (Wildman–Crippen LogP) is 3.87. The van der Waals surface area contributed by atoms with Gasteiger partial charge in [0.15, 0.2) is 0 Å². The summed E-state index contributed by atoms with van der Waals surface area (Å²) in [6.07, 6.45) is 1.89. The molecular weight excluding hydrogens is 400 g/mol. The molecule has 0 aromatic heterocycles. The zero-order valence-electron chi connectivity index (χ0n) is 19.8. The van der Waals surface area contributed by atoms with Gasteiger partial charge in [-0.3, -0.25) is 9.59 Å². The molecule has 1 heterocycles. The second kappa shape index (κ2) is 10.6. The van der Waals surface area contributed by atoms with Crippen LogP contribution in [0.15, 0.2) is 54.6 Å². The highest BCUT2D eigenvalue weighted by Gasteiger charge is 2.36. The second-order valence-corrected chi connectivity index (χ2v) is 8.92. The predicted molar refractivity (Wildman–Crippen MR) is 130 cm³/mol. The standard InChI is InChI=1S/C26H36N4O2/c1-18(2)24(28-25(31)19(3)27-4)26(32)30-16-10-15-23(30)20-11-9-14-22(17-20)29(5)21-12-7-6-8-13-21/h6-9,11-14,17-19,23-24,27H,10,15-16H2,1-5H3,(H,28,31)/t19-,23-,24-/m0/s1. The summed E-state index contributed by atoms with van der Waals surface area (Å²) in [5.41, 5.74) is 3.34. The van der Waals surface area contributed by atoms with Crippen LogP contribution in [-0.4, -0.2) is 49.4 Å². The van der Waals surface area contributed by atoms with Crippen molar-refractivity contribution in [3.8, 4) is 0 Å². The lowest BCUT2D eigenvalue weighted by molar-refractivity contribution is -0.138. The van der Waals surface area contributed by atoms with Gasteiger partial charge in [0.25, 0.3) is 0 Å². The molecule has 0 saturated carbocycles. The van der Waals surface area contributed by atoms with Gasteiger partial charge in [-0.05, 0) is 62.6 Å². The van der Waals surface area contributed by atoms with E-state index in [4.69, 9.17) is 0 Å². The molecule has 32 heavy (non-hydrogen) atoms. The van der Waals surface area contributed by atoms with Crippen LogP contribution >= 0.6 is 0 Å². The first-order valence-corrected chi connectivity index (χ1v) is 11.5. The van der Waals surface area contributed by atoms with Gasteiger partial charge in [-0.2, -0.15) is 0 Å². The number of rotatable bonds is 8. The molecule has 0 aliphatic carbocycles. The maximum Gasteiger partial charge on any atom is 0.245 e. The van der Waals surface area contributed by atoms with Crippen molar-refractivity contribution in [3.63, 3.8) is 0 Å². The van der Waals surface area contributed by atoms with Crippen LogP contribution in [0.4, 0.5) is 11.4 Å². The number of likely N-dealkylation sites (tertiary alicyclic amines) is 1. The van der Waals surface area contributed by atoms with Crippen molar-refractivity contribution >= 4 is 23.2 Å². The number of nitrogens with one attached hydrogen (secondary N) is 2. The molecule has 2 aromatic rings. The number of anilines is 2. The Hall–Kier alpha value is -2.86. The van der Waals surface area contributed by atoms with Crippen LogP contribution < -0.4 is 15.5 Å². The first kappa shape index (κ1) is 23.8. The van der Waals surface area contributed by atoms with Crippen molar-refractivity contribution in [1.82, 2.24) is 15.5 Å². The highest BCUT2D eigenvalue weighted by Crippen LogP contribution is 2.35. The minimum atomic E-state index is -0.533. The first-order valence-electron chi connectivity index (χ1n) is 11.5. The van der Waals surface area contributed by atoms with Crippen molar-refractivity contribution in [2.24, 2.45) is 5.92 Å². The van der Waals surface area contributed by atoms with E-state index in [2.05, 4.69) is 59.0 Å². The van der Waals surface area contributed by atoms with Gasteiger partial charge < -0.3 is 20.4 Å². The lowest BCUT2D eigenvalue weighted by atomic mass is 9.99. The number of nitrogens with zero attached hydrogens (tertiary/aromatic N) is 2. The molecule has 1 fully saturated rings. The van der Waals surface area contributed by atoms with Crippen LogP contribution in [0.25, 0.3) is 0 Å². The molecule has 6 nitrogen and oxygen atoms in total. The van der Waals surface area contributed by atoms with E-state index in [1.165, 1.54) is 0 Å². The normalized spacial score (nSPS) is 17.8. The average Bonchev–Trinajstić information content (AvgIpc) is 3.31.